The van der Waals surface area contributed by atoms with Crippen LogP contribution in [0.25, 0.3) is 0 Å². The van der Waals surface area contributed by atoms with Crippen LogP contribution in [0.1, 0.15) is 34.3 Å². The number of carbonyl (C=O) groups excluding carboxylic acids is 2. The first-order chi connectivity index (χ1) is 14.9. The SMILES string of the molecule is COC(=O)N1CCc2ccc(NC(=O)c3ccc(S(=O)(=O)N4CCCC4)cc3)cc2C1. The lowest BCUT2D eigenvalue weighted by Gasteiger charge is -2.28. The molecule has 8 nitrogen and oxygen atoms in total. The third-order valence-corrected chi connectivity index (χ3v) is 7.64. The van der Waals surface area contributed by atoms with Gasteiger partial charge in [-0.25, -0.2) is 13.2 Å². The van der Waals surface area contributed by atoms with E-state index in [-0.39, 0.29) is 16.9 Å². The predicted octanol–water partition coefficient (Wildman–Crippen LogP) is 2.85. The van der Waals surface area contributed by atoms with E-state index in [1.165, 1.54) is 35.7 Å². The molecule has 1 N–H and O–H groups in total. The van der Waals surface area contributed by atoms with Gasteiger partial charge >= 0.3 is 6.09 Å². The zero-order valence-electron chi connectivity index (χ0n) is 17.3. The second kappa shape index (κ2) is 8.68. The van der Waals surface area contributed by atoms with Crippen molar-refractivity contribution in [1.29, 1.82) is 0 Å². The quantitative estimate of drug-likeness (QED) is 0.784. The Labute approximate surface area is 181 Å². The first-order valence-electron chi connectivity index (χ1n) is 10.2. The summed E-state index contributed by atoms with van der Waals surface area (Å²) in [5.41, 5.74) is 3.08. The number of rotatable bonds is 4. The van der Waals surface area contributed by atoms with E-state index in [0.717, 1.165) is 30.4 Å². The minimum atomic E-state index is -3.51. The number of carbonyl (C=O) groups is 2. The summed E-state index contributed by atoms with van der Waals surface area (Å²) >= 11 is 0. The zero-order valence-corrected chi connectivity index (χ0v) is 18.2. The van der Waals surface area contributed by atoms with Gasteiger partial charge in [-0.15, -0.1) is 0 Å². The second-order valence-electron chi connectivity index (χ2n) is 7.71. The number of benzene rings is 2. The summed E-state index contributed by atoms with van der Waals surface area (Å²) in [5, 5.41) is 2.85. The van der Waals surface area contributed by atoms with Crippen LogP contribution in [0.15, 0.2) is 47.4 Å². The molecule has 4 rings (SSSR count). The van der Waals surface area contributed by atoms with Crippen LogP contribution < -0.4 is 5.32 Å². The maximum Gasteiger partial charge on any atom is 0.409 e. The number of nitrogens with zero attached hydrogens (tertiary/aromatic N) is 2. The van der Waals surface area contributed by atoms with E-state index in [1.807, 2.05) is 18.2 Å². The van der Waals surface area contributed by atoms with Gasteiger partial charge < -0.3 is 15.0 Å². The van der Waals surface area contributed by atoms with Crippen LogP contribution in [0.4, 0.5) is 10.5 Å². The Hall–Kier alpha value is -2.91. The second-order valence-corrected chi connectivity index (χ2v) is 9.65. The fourth-order valence-electron chi connectivity index (χ4n) is 3.98. The summed E-state index contributed by atoms with van der Waals surface area (Å²) in [6.45, 7) is 2.10. The molecule has 1 saturated heterocycles. The summed E-state index contributed by atoms with van der Waals surface area (Å²) in [4.78, 5) is 26.3. The summed E-state index contributed by atoms with van der Waals surface area (Å²) in [6.07, 6.45) is 2.10. The molecule has 0 atom stereocenters. The van der Waals surface area contributed by atoms with Gasteiger partial charge in [-0.3, -0.25) is 4.79 Å². The molecule has 0 unspecified atom stereocenters. The van der Waals surface area contributed by atoms with E-state index >= 15 is 0 Å². The molecule has 2 aromatic rings. The van der Waals surface area contributed by atoms with E-state index in [9.17, 15) is 18.0 Å². The van der Waals surface area contributed by atoms with Crippen LogP contribution in [-0.2, 0) is 27.7 Å². The van der Waals surface area contributed by atoms with Crippen molar-refractivity contribution < 1.29 is 22.7 Å². The van der Waals surface area contributed by atoms with Gasteiger partial charge in [-0.05, 0) is 66.8 Å². The number of hydrogen-bond donors (Lipinski definition) is 1. The van der Waals surface area contributed by atoms with Gasteiger partial charge in [0.15, 0.2) is 0 Å². The van der Waals surface area contributed by atoms with Gasteiger partial charge in [-0.2, -0.15) is 4.31 Å². The Bertz CT molecular complexity index is 1090. The van der Waals surface area contributed by atoms with E-state index in [1.54, 1.807) is 4.90 Å². The number of nitrogens with one attached hydrogen (secondary N) is 1. The largest absolute Gasteiger partial charge is 0.453 e. The minimum Gasteiger partial charge on any atom is -0.453 e. The molecule has 0 saturated carbocycles. The fraction of sp³-hybridized carbons (Fsp3) is 0.364. The molecule has 0 aromatic heterocycles. The van der Waals surface area contributed by atoms with E-state index in [0.29, 0.717) is 37.4 Å². The van der Waals surface area contributed by atoms with Crippen molar-refractivity contribution in [2.24, 2.45) is 0 Å². The van der Waals surface area contributed by atoms with Crippen LogP contribution in [0.5, 0.6) is 0 Å². The van der Waals surface area contributed by atoms with Crippen molar-refractivity contribution in [3.8, 4) is 0 Å². The van der Waals surface area contributed by atoms with Crippen LogP contribution in [0.2, 0.25) is 0 Å². The number of sulfonamides is 1. The first-order valence-corrected chi connectivity index (χ1v) is 11.7. The molecule has 0 aliphatic carbocycles. The lowest BCUT2D eigenvalue weighted by molar-refractivity contribution is 0.102. The van der Waals surface area contributed by atoms with Crippen molar-refractivity contribution >= 4 is 27.7 Å². The minimum absolute atomic E-state index is 0.197. The van der Waals surface area contributed by atoms with Gasteiger partial charge in [0, 0.05) is 37.4 Å². The van der Waals surface area contributed by atoms with Crippen LogP contribution in [0.3, 0.4) is 0 Å². The van der Waals surface area contributed by atoms with Gasteiger partial charge in [-0.1, -0.05) is 6.07 Å². The number of ether oxygens (including phenoxy) is 1. The Morgan fingerprint density at radius 3 is 2.35 bits per heavy atom. The molecule has 2 aromatic carbocycles. The molecule has 0 bridgehead atoms. The summed E-state index contributed by atoms with van der Waals surface area (Å²) < 4.78 is 31.5. The highest BCUT2D eigenvalue weighted by Gasteiger charge is 2.27. The molecule has 2 heterocycles. The van der Waals surface area contributed by atoms with E-state index in [4.69, 9.17) is 4.74 Å². The number of fused-ring (bicyclic) bond motifs is 1. The maximum absolute atomic E-state index is 12.7. The third kappa shape index (κ3) is 4.42. The Kier molecular flexibility index (Phi) is 5.97. The predicted molar refractivity (Wildman–Crippen MR) is 115 cm³/mol. The van der Waals surface area contributed by atoms with Gasteiger partial charge in [0.05, 0.1) is 12.0 Å². The molecule has 31 heavy (non-hydrogen) atoms. The highest BCUT2D eigenvalue weighted by molar-refractivity contribution is 7.89. The number of hydrogen-bond acceptors (Lipinski definition) is 5. The highest BCUT2D eigenvalue weighted by Crippen LogP contribution is 2.24. The first kappa shape index (κ1) is 21.3. The standard InChI is InChI=1S/C22H25N3O5S/c1-30-22(27)24-13-10-16-4-7-19(14-18(16)15-24)23-21(26)17-5-8-20(9-6-17)31(28,29)25-11-2-3-12-25/h4-9,14H,2-3,10-13,15H2,1H3,(H,23,26). The normalized spacial score (nSPS) is 16.6. The van der Waals surface area contributed by atoms with Crippen molar-refractivity contribution in [2.45, 2.75) is 30.7 Å². The van der Waals surface area contributed by atoms with Crippen molar-refractivity contribution in [2.75, 3.05) is 32.1 Å². The lowest BCUT2D eigenvalue weighted by atomic mass is 9.99. The lowest BCUT2D eigenvalue weighted by Crippen LogP contribution is -2.35. The molecule has 1 fully saturated rings. The molecule has 0 spiro atoms. The number of anilines is 1. The average molecular weight is 444 g/mol. The Morgan fingerprint density at radius 2 is 1.68 bits per heavy atom. The van der Waals surface area contributed by atoms with E-state index in [2.05, 4.69) is 5.32 Å². The Morgan fingerprint density at radius 1 is 0.968 bits per heavy atom. The average Bonchev–Trinajstić information content (AvgIpc) is 3.34. The Balaban J connectivity index is 1.46. The molecule has 0 radical (unpaired) electrons. The smallest absolute Gasteiger partial charge is 0.409 e. The molecule has 2 aliphatic rings. The van der Waals surface area contributed by atoms with Gasteiger partial charge in [0.25, 0.3) is 5.91 Å². The van der Waals surface area contributed by atoms with Gasteiger partial charge in [0.1, 0.15) is 0 Å². The molecule has 9 heteroatoms. The molecular formula is C22H25N3O5S. The topological polar surface area (TPSA) is 96.0 Å². The number of amides is 2. The van der Waals surface area contributed by atoms with Crippen LogP contribution in [-0.4, -0.2) is 56.4 Å². The van der Waals surface area contributed by atoms with Gasteiger partial charge in [0.2, 0.25) is 10.0 Å². The summed E-state index contributed by atoms with van der Waals surface area (Å²) in [5.74, 6) is -0.328. The number of methoxy groups -OCH3 is 1. The zero-order chi connectivity index (χ0) is 22.0. The molecule has 2 aliphatic heterocycles. The van der Waals surface area contributed by atoms with Crippen molar-refractivity contribution in [1.82, 2.24) is 9.21 Å². The summed E-state index contributed by atoms with van der Waals surface area (Å²) in [6, 6.07) is 11.6. The van der Waals surface area contributed by atoms with Crippen molar-refractivity contribution in [3.63, 3.8) is 0 Å². The highest BCUT2D eigenvalue weighted by atomic mass is 32.2. The molecule has 164 valence electrons. The molecule has 2 amide bonds. The third-order valence-electron chi connectivity index (χ3n) is 5.73. The van der Waals surface area contributed by atoms with Crippen LogP contribution >= 0.6 is 0 Å². The van der Waals surface area contributed by atoms with Crippen molar-refractivity contribution in [3.05, 3.63) is 59.2 Å². The fourth-order valence-corrected chi connectivity index (χ4v) is 5.50. The maximum atomic E-state index is 12.7. The van der Waals surface area contributed by atoms with Crippen LogP contribution in [0, 0.1) is 0 Å². The molecular weight excluding hydrogens is 418 g/mol. The van der Waals surface area contributed by atoms with E-state index < -0.39 is 10.0 Å². The summed E-state index contributed by atoms with van der Waals surface area (Å²) in [7, 11) is -2.15. The monoisotopic (exact) mass is 443 g/mol.